The molecule has 0 radical (unpaired) electrons. The number of carbonyl (C=O) groups excluding carboxylic acids is 5. The molecule has 3 rings (SSSR count). The van der Waals surface area contributed by atoms with Gasteiger partial charge in [0, 0.05) is 11.5 Å². The Bertz CT molecular complexity index is 836. The molecule has 3 fully saturated rings. The van der Waals surface area contributed by atoms with Crippen LogP contribution in [-0.2, 0) is 24.0 Å². The second-order valence-electron chi connectivity index (χ2n) is 11.2. The number of hydrogen-bond donors (Lipinski definition) is 4. The van der Waals surface area contributed by atoms with Crippen LogP contribution in [0.15, 0.2) is 0 Å². The first-order valence-electron chi connectivity index (χ1n) is 12.3. The number of hydrogen-bond acceptors (Lipinski definition) is 6. The van der Waals surface area contributed by atoms with Crippen molar-refractivity contribution in [3.8, 4) is 0 Å². The first-order valence-corrected chi connectivity index (χ1v) is 12.3. The van der Waals surface area contributed by atoms with Crippen LogP contribution < -0.4 is 21.3 Å². The number of ketones is 1. The predicted octanol–water partition coefficient (Wildman–Crippen LogP) is -0.426. The monoisotopic (exact) mass is 477 g/mol. The zero-order valence-electron chi connectivity index (χ0n) is 20.9. The van der Waals surface area contributed by atoms with Gasteiger partial charge in [0.15, 0.2) is 5.78 Å². The molecule has 0 aromatic carbocycles. The first kappa shape index (κ1) is 26.1. The second kappa shape index (κ2) is 10.4. The van der Waals surface area contributed by atoms with Gasteiger partial charge in [-0.2, -0.15) is 0 Å². The molecule has 10 heteroatoms. The summed E-state index contributed by atoms with van der Waals surface area (Å²) in [6.07, 6.45) is 2.11. The van der Waals surface area contributed by atoms with Crippen molar-refractivity contribution in [2.75, 3.05) is 26.2 Å². The zero-order chi connectivity index (χ0) is 25.2. The summed E-state index contributed by atoms with van der Waals surface area (Å²) in [5.74, 6) is -1.81. The molecule has 1 saturated carbocycles. The van der Waals surface area contributed by atoms with E-state index in [1.165, 1.54) is 0 Å². The minimum Gasteiger partial charge on any atom is -0.350 e. The van der Waals surface area contributed by atoms with Crippen LogP contribution in [0.1, 0.15) is 53.9 Å². The molecule has 3 aliphatic rings. The number of carbonyl (C=O) groups is 5. The van der Waals surface area contributed by atoms with E-state index in [-0.39, 0.29) is 55.0 Å². The average Bonchev–Trinajstić information content (AvgIpc) is 3.17. The fourth-order valence-electron chi connectivity index (χ4n) is 5.42. The Morgan fingerprint density at radius 2 is 1.65 bits per heavy atom. The topological polar surface area (TPSA) is 137 Å². The highest BCUT2D eigenvalue weighted by atomic mass is 16.2. The molecule has 190 valence electrons. The maximum Gasteiger partial charge on any atom is 0.239 e. The van der Waals surface area contributed by atoms with Crippen LogP contribution in [0.25, 0.3) is 0 Å². The highest BCUT2D eigenvalue weighted by Gasteiger charge is 2.61. The summed E-state index contributed by atoms with van der Waals surface area (Å²) in [4.78, 5) is 65.9. The largest absolute Gasteiger partial charge is 0.350 e. The zero-order valence-corrected chi connectivity index (χ0v) is 20.9. The smallest absolute Gasteiger partial charge is 0.239 e. The maximum absolute atomic E-state index is 13.6. The van der Waals surface area contributed by atoms with Crippen molar-refractivity contribution in [1.82, 2.24) is 26.2 Å². The number of amides is 4. The van der Waals surface area contributed by atoms with Crippen molar-refractivity contribution in [1.29, 1.82) is 0 Å². The van der Waals surface area contributed by atoms with E-state index in [0.717, 1.165) is 12.8 Å². The van der Waals surface area contributed by atoms with E-state index < -0.39 is 29.4 Å². The van der Waals surface area contributed by atoms with Crippen LogP contribution in [0.3, 0.4) is 0 Å². The number of fused-ring (bicyclic) bond motifs is 2. The van der Waals surface area contributed by atoms with Crippen LogP contribution in [-0.4, -0.2) is 78.1 Å². The molecule has 5 atom stereocenters. The third kappa shape index (κ3) is 6.34. The van der Waals surface area contributed by atoms with Crippen LogP contribution in [0.4, 0.5) is 0 Å². The highest BCUT2D eigenvalue weighted by molar-refractivity contribution is 5.94. The molecular formula is C24H39N5O5. The van der Waals surface area contributed by atoms with Crippen molar-refractivity contribution in [2.24, 2.45) is 23.7 Å². The molecule has 1 unspecified atom stereocenters. The summed E-state index contributed by atoms with van der Waals surface area (Å²) in [5, 5.41) is 10.8. The van der Waals surface area contributed by atoms with E-state index in [1.54, 1.807) is 0 Å². The molecule has 2 saturated heterocycles. The van der Waals surface area contributed by atoms with Gasteiger partial charge >= 0.3 is 0 Å². The first-order chi connectivity index (χ1) is 15.9. The van der Waals surface area contributed by atoms with E-state index >= 15 is 0 Å². The summed E-state index contributed by atoms with van der Waals surface area (Å²) < 4.78 is 0. The molecular weight excluding hydrogens is 438 g/mol. The normalized spacial score (nSPS) is 31.4. The Morgan fingerprint density at radius 3 is 2.26 bits per heavy atom. The molecule has 10 nitrogen and oxygen atoms in total. The summed E-state index contributed by atoms with van der Waals surface area (Å²) in [6, 6.07) is -1.19. The lowest BCUT2D eigenvalue weighted by molar-refractivity contribution is -0.134. The molecule has 4 amide bonds. The summed E-state index contributed by atoms with van der Waals surface area (Å²) in [7, 11) is 0. The number of rotatable bonds is 3. The molecule has 4 N–H and O–H groups in total. The van der Waals surface area contributed by atoms with Gasteiger partial charge in [-0.15, -0.1) is 0 Å². The predicted molar refractivity (Wildman–Crippen MR) is 125 cm³/mol. The quantitative estimate of drug-likeness (QED) is 0.436. The SMILES string of the molecule is CC(C)C[C@@H]1C2C(=O)CNC(=O)CNC(=O)CNC(=O)[C@H]3CCCN3[C@@H](C(=O)NC(C)(C)C)[C@H]21. The highest BCUT2D eigenvalue weighted by Crippen LogP contribution is 2.54. The van der Waals surface area contributed by atoms with Gasteiger partial charge in [0.05, 0.1) is 31.7 Å². The lowest BCUT2D eigenvalue weighted by Crippen LogP contribution is -2.57. The van der Waals surface area contributed by atoms with Gasteiger partial charge in [-0.25, -0.2) is 0 Å². The van der Waals surface area contributed by atoms with Gasteiger partial charge in [0.2, 0.25) is 23.6 Å². The lowest BCUT2D eigenvalue weighted by atomic mass is 9.99. The molecule has 0 bridgehead atoms. The van der Waals surface area contributed by atoms with Gasteiger partial charge in [0.1, 0.15) is 0 Å². The molecule has 0 aromatic rings. The number of nitrogens with zero attached hydrogens (tertiary/aromatic N) is 1. The molecule has 2 heterocycles. The van der Waals surface area contributed by atoms with Crippen LogP contribution in [0.2, 0.25) is 0 Å². The van der Waals surface area contributed by atoms with Crippen molar-refractivity contribution in [2.45, 2.75) is 71.5 Å². The Balaban J connectivity index is 1.96. The fraction of sp³-hybridized carbons (Fsp3) is 0.792. The van der Waals surface area contributed by atoms with Crippen molar-refractivity contribution >= 4 is 29.4 Å². The maximum atomic E-state index is 13.6. The van der Waals surface area contributed by atoms with E-state index in [9.17, 15) is 24.0 Å². The minimum atomic E-state index is -0.634. The summed E-state index contributed by atoms with van der Waals surface area (Å²) in [5.41, 5.74) is -0.473. The van der Waals surface area contributed by atoms with E-state index in [2.05, 4.69) is 35.1 Å². The van der Waals surface area contributed by atoms with Gasteiger partial charge in [-0.3, -0.25) is 28.9 Å². The third-order valence-electron chi connectivity index (χ3n) is 6.76. The Labute approximate surface area is 201 Å². The number of nitrogens with one attached hydrogen (secondary N) is 4. The van der Waals surface area contributed by atoms with Crippen molar-refractivity contribution in [3.05, 3.63) is 0 Å². The summed E-state index contributed by atoms with van der Waals surface area (Å²) >= 11 is 0. The van der Waals surface area contributed by atoms with E-state index in [1.807, 2.05) is 25.7 Å². The van der Waals surface area contributed by atoms with Gasteiger partial charge in [0.25, 0.3) is 0 Å². The molecule has 34 heavy (non-hydrogen) atoms. The Morgan fingerprint density at radius 1 is 1.03 bits per heavy atom. The third-order valence-corrected chi connectivity index (χ3v) is 6.76. The van der Waals surface area contributed by atoms with Crippen molar-refractivity contribution in [3.63, 3.8) is 0 Å². The van der Waals surface area contributed by atoms with Crippen molar-refractivity contribution < 1.29 is 24.0 Å². The summed E-state index contributed by atoms with van der Waals surface area (Å²) in [6.45, 7) is 9.79. The fourth-order valence-corrected chi connectivity index (χ4v) is 5.42. The van der Waals surface area contributed by atoms with Crippen LogP contribution >= 0.6 is 0 Å². The van der Waals surface area contributed by atoms with E-state index in [4.69, 9.17) is 0 Å². The average molecular weight is 478 g/mol. The van der Waals surface area contributed by atoms with Crippen LogP contribution in [0, 0.1) is 23.7 Å². The van der Waals surface area contributed by atoms with Gasteiger partial charge in [-0.1, -0.05) is 13.8 Å². The van der Waals surface area contributed by atoms with Gasteiger partial charge in [-0.05, 0) is 64.3 Å². The minimum absolute atomic E-state index is 0.0111. The Kier molecular flexibility index (Phi) is 8.00. The lowest BCUT2D eigenvalue weighted by Gasteiger charge is -2.34. The molecule has 0 spiro atoms. The van der Waals surface area contributed by atoms with Crippen LogP contribution in [0.5, 0.6) is 0 Å². The number of Topliss-reactive ketones (excluding diaryl/α,β-unsaturated/α-hetero) is 1. The second-order valence-corrected chi connectivity index (χ2v) is 11.2. The standard InChI is InChI=1S/C24H39N5O5/c1-13(2)9-14-19-16(30)10-25-17(31)11-26-18(32)12-27-22(33)15-7-6-8-29(15)21(20(14)19)23(34)28-24(3,4)5/h13-15,19-21H,6-12H2,1-5H3,(H,25,31)(H,26,32)(H,27,33)(H,28,34)/t14-,15-,19?,20+,21-/m1/s1. The Hall–Kier alpha value is -2.49. The van der Waals surface area contributed by atoms with E-state index in [0.29, 0.717) is 18.9 Å². The molecule has 1 aliphatic carbocycles. The van der Waals surface area contributed by atoms with Gasteiger partial charge < -0.3 is 21.3 Å². The molecule has 0 aromatic heterocycles. The molecule has 2 aliphatic heterocycles.